The van der Waals surface area contributed by atoms with E-state index in [2.05, 4.69) is 15.3 Å². The number of carbonyl (C=O) groups excluding carboxylic acids is 1. The molecule has 1 amide bonds. The van der Waals surface area contributed by atoms with Gasteiger partial charge in [-0.15, -0.1) is 0 Å². The summed E-state index contributed by atoms with van der Waals surface area (Å²) in [4.78, 5) is 19.5. The number of imidazole rings is 1. The predicted molar refractivity (Wildman–Crippen MR) is 52.4 cm³/mol. The molecule has 0 saturated heterocycles. The summed E-state index contributed by atoms with van der Waals surface area (Å²) in [6.45, 7) is 0.136. The maximum atomic E-state index is 11.4. The molecule has 0 fully saturated rings. The quantitative estimate of drug-likeness (QED) is 0.706. The largest absolute Gasteiger partial charge is 0.395 e. The molecule has 6 heteroatoms. The molecule has 2 rings (SSSR count). The molecule has 0 spiro atoms. The first-order valence-electron chi connectivity index (χ1n) is 4.50. The molecule has 2 N–H and O–H groups in total. The fraction of sp³-hybridized carbons (Fsp3) is 0.222. The molecule has 0 bridgehead atoms. The SMILES string of the molecule is O=C(NCCO)c1cn2cccnc2n1. The van der Waals surface area contributed by atoms with Crippen LogP contribution < -0.4 is 5.32 Å². The lowest BCUT2D eigenvalue weighted by molar-refractivity contribution is 0.0940. The van der Waals surface area contributed by atoms with Crippen LogP contribution in [0, 0.1) is 0 Å². The van der Waals surface area contributed by atoms with Crippen molar-refractivity contribution in [2.75, 3.05) is 13.2 Å². The van der Waals surface area contributed by atoms with E-state index in [0.717, 1.165) is 0 Å². The van der Waals surface area contributed by atoms with Crippen LogP contribution in [-0.2, 0) is 0 Å². The van der Waals surface area contributed by atoms with E-state index in [1.165, 1.54) is 0 Å². The Kier molecular flexibility index (Phi) is 2.59. The summed E-state index contributed by atoms with van der Waals surface area (Å²) in [5.74, 6) is 0.168. The van der Waals surface area contributed by atoms with Gasteiger partial charge < -0.3 is 10.4 Å². The Balaban J connectivity index is 2.25. The molecule has 6 nitrogen and oxygen atoms in total. The van der Waals surface area contributed by atoms with Crippen LogP contribution >= 0.6 is 0 Å². The lowest BCUT2D eigenvalue weighted by atomic mass is 10.4. The van der Waals surface area contributed by atoms with Crippen molar-refractivity contribution in [1.29, 1.82) is 0 Å². The number of hydrogen-bond donors (Lipinski definition) is 2. The number of nitrogens with one attached hydrogen (secondary N) is 1. The van der Waals surface area contributed by atoms with Gasteiger partial charge in [0.25, 0.3) is 5.91 Å². The molecule has 0 unspecified atom stereocenters. The molecule has 0 aliphatic rings. The first-order chi connectivity index (χ1) is 7.31. The monoisotopic (exact) mass is 206 g/mol. The Morgan fingerprint density at radius 3 is 3.20 bits per heavy atom. The Morgan fingerprint density at radius 2 is 2.47 bits per heavy atom. The molecule has 0 aliphatic heterocycles. The second-order valence-electron chi connectivity index (χ2n) is 2.93. The van der Waals surface area contributed by atoms with Crippen molar-refractivity contribution in [1.82, 2.24) is 19.7 Å². The third kappa shape index (κ3) is 1.94. The second kappa shape index (κ2) is 4.05. The van der Waals surface area contributed by atoms with Crippen molar-refractivity contribution < 1.29 is 9.90 Å². The average molecular weight is 206 g/mol. The molecule has 0 saturated carbocycles. The minimum absolute atomic E-state index is 0.0860. The zero-order valence-corrected chi connectivity index (χ0v) is 7.92. The van der Waals surface area contributed by atoms with Gasteiger partial charge in [-0.1, -0.05) is 0 Å². The number of fused-ring (bicyclic) bond motifs is 1. The first kappa shape index (κ1) is 9.60. The van der Waals surface area contributed by atoms with Crippen LogP contribution in [0.4, 0.5) is 0 Å². The van der Waals surface area contributed by atoms with Gasteiger partial charge >= 0.3 is 0 Å². The van der Waals surface area contributed by atoms with Gasteiger partial charge in [-0.25, -0.2) is 9.97 Å². The molecule has 15 heavy (non-hydrogen) atoms. The first-order valence-corrected chi connectivity index (χ1v) is 4.50. The Bertz CT molecular complexity index is 447. The van der Waals surface area contributed by atoms with Crippen molar-refractivity contribution in [3.8, 4) is 0 Å². The normalized spacial score (nSPS) is 10.5. The number of aliphatic hydroxyl groups excluding tert-OH is 1. The van der Waals surface area contributed by atoms with E-state index in [9.17, 15) is 4.79 Å². The number of rotatable bonds is 3. The number of carbonyl (C=O) groups is 1. The minimum atomic E-state index is -0.311. The average Bonchev–Trinajstić information content (AvgIpc) is 2.69. The summed E-state index contributed by atoms with van der Waals surface area (Å²) in [6, 6.07) is 1.75. The van der Waals surface area contributed by atoms with Crippen LogP contribution in [0.15, 0.2) is 24.7 Å². The van der Waals surface area contributed by atoms with Crippen molar-refractivity contribution in [3.63, 3.8) is 0 Å². The van der Waals surface area contributed by atoms with Crippen LogP contribution in [0.25, 0.3) is 5.78 Å². The van der Waals surface area contributed by atoms with Crippen molar-refractivity contribution in [2.45, 2.75) is 0 Å². The molecule has 0 radical (unpaired) electrons. The molecule has 0 atom stereocenters. The smallest absolute Gasteiger partial charge is 0.271 e. The molecule has 2 heterocycles. The lowest BCUT2D eigenvalue weighted by Gasteiger charge is -1.97. The van der Waals surface area contributed by atoms with Crippen LogP contribution in [0.3, 0.4) is 0 Å². The second-order valence-corrected chi connectivity index (χ2v) is 2.93. The molecular weight excluding hydrogens is 196 g/mol. The molecule has 0 aromatic carbocycles. The Labute approximate surface area is 85.6 Å². The Hall–Kier alpha value is -1.95. The van der Waals surface area contributed by atoms with Gasteiger partial charge in [-0.05, 0) is 6.07 Å². The van der Waals surface area contributed by atoms with Crippen LogP contribution in [-0.4, -0.2) is 38.5 Å². The maximum Gasteiger partial charge on any atom is 0.271 e. The lowest BCUT2D eigenvalue weighted by Crippen LogP contribution is -2.26. The molecule has 2 aromatic rings. The van der Waals surface area contributed by atoms with Gasteiger partial charge in [-0.3, -0.25) is 9.20 Å². The third-order valence-corrected chi connectivity index (χ3v) is 1.87. The Morgan fingerprint density at radius 1 is 1.60 bits per heavy atom. The van der Waals surface area contributed by atoms with Crippen LogP contribution in [0.5, 0.6) is 0 Å². The van der Waals surface area contributed by atoms with Gasteiger partial charge in [0.05, 0.1) is 6.61 Å². The van der Waals surface area contributed by atoms with Crippen LogP contribution in [0.1, 0.15) is 10.5 Å². The number of amides is 1. The summed E-state index contributed by atoms with van der Waals surface area (Å²) in [6.07, 6.45) is 4.96. The molecule has 2 aromatic heterocycles. The highest BCUT2D eigenvalue weighted by atomic mass is 16.3. The molecule has 78 valence electrons. The van der Waals surface area contributed by atoms with Gasteiger partial charge in [0.15, 0.2) is 0 Å². The standard InChI is InChI=1S/C9H10N4O2/c14-5-3-10-8(15)7-6-13-4-1-2-11-9(13)12-7/h1-2,4,6,14H,3,5H2,(H,10,15). The highest BCUT2D eigenvalue weighted by molar-refractivity contribution is 5.92. The fourth-order valence-electron chi connectivity index (χ4n) is 1.20. The fourth-order valence-corrected chi connectivity index (χ4v) is 1.20. The zero-order chi connectivity index (χ0) is 10.7. The summed E-state index contributed by atoms with van der Waals surface area (Å²) in [7, 11) is 0. The van der Waals surface area contributed by atoms with Gasteiger partial charge in [0, 0.05) is 25.1 Å². The maximum absolute atomic E-state index is 11.4. The predicted octanol–water partition coefficient (Wildman–Crippen LogP) is -0.549. The van der Waals surface area contributed by atoms with E-state index in [-0.39, 0.29) is 19.1 Å². The number of nitrogens with zero attached hydrogens (tertiary/aromatic N) is 3. The van der Waals surface area contributed by atoms with E-state index in [1.807, 2.05) is 0 Å². The third-order valence-electron chi connectivity index (χ3n) is 1.87. The zero-order valence-electron chi connectivity index (χ0n) is 7.92. The van der Waals surface area contributed by atoms with E-state index in [0.29, 0.717) is 11.5 Å². The topological polar surface area (TPSA) is 79.5 Å². The van der Waals surface area contributed by atoms with E-state index >= 15 is 0 Å². The highest BCUT2D eigenvalue weighted by Gasteiger charge is 2.09. The van der Waals surface area contributed by atoms with E-state index < -0.39 is 0 Å². The van der Waals surface area contributed by atoms with Crippen molar-refractivity contribution >= 4 is 11.7 Å². The van der Waals surface area contributed by atoms with Crippen LogP contribution in [0.2, 0.25) is 0 Å². The summed E-state index contributed by atoms with van der Waals surface area (Å²) in [5.41, 5.74) is 0.294. The highest BCUT2D eigenvalue weighted by Crippen LogP contribution is 2.00. The van der Waals surface area contributed by atoms with Crippen molar-refractivity contribution in [3.05, 3.63) is 30.4 Å². The van der Waals surface area contributed by atoms with Gasteiger partial charge in [-0.2, -0.15) is 0 Å². The van der Waals surface area contributed by atoms with E-state index in [1.54, 1.807) is 29.1 Å². The summed E-state index contributed by atoms with van der Waals surface area (Å²) < 4.78 is 1.66. The number of aliphatic hydroxyl groups is 1. The number of aromatic nitrogens is 3. The van der Waals surface area contributed by atoms with Gasteiger partial charge in [0.1, 0.15) is 5.69 Å². The summed E-state index contributed by atoms with van der Waals surface area (Å²) >= 11 is 0. The molecule has 0 aliphatic carbocycles. The van der Waals surface area contributed by atoms with Gasteiger partial charge in [0.2, 0.25) is 5.78 Å². The number of hydrogen-bond acceptors (Lipinski definition) is 4. The summed E-state index contributed by atoms with van der Waals surface area (Å²) in [5, 5.41) is 11.1. The minimum Gasteiger partial charge on any atom is -0.395 e. The molecular formula is C9H10N4O2. The van der Waals surface area contributed by atoms with E-state index in [4.69, 9.17) is 5.11 Å². The van der Waals surface area contributed by atoms with Crippen molar-refractivity contribution in [2.24, 2.45) is 0 Å².